The summed E-state index contributed by atoms with van der Waals surface area (Å²) in [7, 11) is 0. The van der Waals surface area contributed by atoms with E-state index in [0.717, 1.165) is 16.5 Å². The Balaban J connectivity index is 1.83. The van der Waals surface area contributed by atoms with Gasteiger partial charge in [-0.2, -0.15) is 5.10 Å². The van der Waals surface area contributed by atoms with Gasteiger partial charge >= 0.3 is 0 Å². The van der Waals surface area contributed by atoms with Gasteiger partial charge in [-0.25, -0.2) is 4.68 Å². The smallest absolute Gasteiger partial charge is 0.254 e. The van der Waals surface area contributed by atoms with Crippen LogP contribution in [0.15, 0.2) is 48.5 Å². The molecule has 0 radical (unpaired) electrons. The molecule has 0 aliphatic heterocycles. The Morgan fingerprint density at radius 3 is 2.18 bits per heavy atom. The molecule has 6 nitrogen and oxygen atoms in total. The minimum Gasteiger partial charge on any atom is -0.327 e. The molecule has 1 aromatic heterocycles. The molecule has 0 aliphatic rings. The minimum atomic E-state index is -0.301. The summed E-state index contributed by atoms with van der Waals surface area (Å²) in [5.41, 5.74) is 1.03. The van der Waals surface area contributed by atoms with Gasteiger partial charge < -0.3 is 10.2 Å². The summed E-state index contributed by atoms with van der Waals surface area (Å²) >= 11 is 0. The van der Waals surface area contributed by atoms with E-state index in [-0.39, 0.29) is 35.4 Å². The highest BCUT2D eigenvalue weighted by Crippen LogP contribution is 2.28. The summed E-state index contributed by atoms with van der Waals surface area (Å²) in [5, 5.41) is 9.83. The van der Waals surface area contributed by atoms with Crippen LogP contribution in [0.4, 0.5) is 5.82 Å². The van der Waals surface area contributed by atoms with E-state index < -0.39 is 0 Å². The SMILES string of the molecule is CC(C)N(CC(=O)Nc1cc(C(C)(C)C)nn1C(C)(C)C)C(=O)c1ccc2ccccc2c1. The van der Waals surface area contributed by atoms with E-state index in [9.17, 15) is 9.59 Å². The monoisotopic (exact) mass is 448 g/mol. The maximum Gasteiger partial charge on any atom is 0.254 e. The van der Waals surface area contributed by atoms with Crippen LogP contribution >= 0.6 is 0 Å². The van der Waals surface area contributed by atoms with Crippen LogP contribution in [0.3, 0.4) is 0 Å². The van der Waals surface area contributed by atoms with Crippen LogP contribution in [0.5, 0.6) is 0 Å². The first kappa shape index (κ1) is 24.5. The van der Waals surface area contributed by atoms with Gasteiger partial charge in [-0.05, 0) is 57.5 Å². The van der Waals surface area contributed by atoms with E-state index in [1.165, 1.54) is 0 Å². The number of fused-ring (bicyclic) bond motifs is 1. The number of amides is 2. The molecule has 0 saturated heterocycles. The van der Waals surface area contributed by atoms with Crippen LogP contribution in [0.2, 0.25) is 0 Å². The first-order valence-electron chi connectivity index (χ1n) is 11.5. The predicted molar refractivity (Wildman–Crippen MR) is 135 cm³/mol. The fourth-order valence-electron chi connectivity index (χ4n) is 3.66. The number of benzene rings is 2. The third kappa shape index (κ3) is 5.62. The maximum absolute atomic E-state index is 13.3. The molecule has 3 rings (SSSR count). The van der Waals surface area contributed by atoms with Crippen LogP contribution in [0.25, 0.3) is 10.8 Å². The standard InChI is InChI=1S/C27H36N4O2/c1-18(2)30(25(33)21-14-13-19-11-9-10-12-20(19)15-21)17-24(32)28-23-16-22(26(3,4)5)29-31(23)27(6,7)8/h9-16,18H,17H2,1-8H3,(H,28,32). The number of nitrogens with one attached hydrogen (secondary N) is 1. The van der Waals surface area contributed by atoms with E-state index in [0.29, 0.717) is 11.4 Å². The molecule has 1 heterocycles. The number of rotatable bonds is 5. The van der Waals surface area contributed by atoms with Crippen molar-refractivity contribution < 1.29 is 9.59 Å². The van der Waals surface area contributed by atoms with Gasteiger partial charge in [0.2, 0.25) is 5.91 Å². The normalized spacial score (nSPS) is 12.3. The van der Waals surface area contributed by atoms with Crippen LogP contribution in [0.1, 0.15) is 71.4 Å². The summed E-state index contributed by atoms with van der Waals surface area (Å²) < 4.78 is 1.84. The molecule has 0 bridgehead atoms. The van der Waals surface area contributed by atoms with Gasteiger partial charge in [0, 0.05) is 23.1 Å². The topological polar surface area (TPSA) is 67.2 Å². The van der Waals surface area contributed by atoms with Crippen molar-refractivity contribution in [2.45, 2.75) is 72.4 Å². The highest BCUT2D eigenvalue weighted by Gasteiger charge is 2.27. The molecule has 0 spiro atoms. The third-order valence-electron chi connectivity index (χ3n) is 5.58. The summed E-state index contributed by atoms with van der Waals surface area (Å²) in [5.74, 6) is 0.230. The zero-order valence-electron chi connectivity index (χ0n) is 21.1. The Morgan fingerprint density at radius 1 is 0.970 bits per heavy atom. The lowest BCUT2D eigenvalue weighted by molar-refractivity contribution is -0.117. The highest BCUT2D eigenvalue weighted by molar-refractivity contribution is 6.01. The number of aromatic nitrogens is 2. The molecular formula is C27H36N4O2. The average Bonchev–Trinajstić information content (AvgIpc) is 3.15. The third-order valence-corrected chi connectivity index (χ3v) is 5.58. The average molecular weight is 449 g/mol. The zero-order chi connectivity index (χ0) is 24.6. The molecule has 0 unspecified atom stereocenters. The molecule has 6 heteroatoms. The predicted octanol–water partition coefficient (Wildman–Crippen LogP) is 5.58. The Bertz CT molecular complexity index is 1160. The van der Waals surface area contributed by atoms with Gasteiger partial charge in [0.15, 0.2) is 0 Å². The Hall–Kier alpha value is -3.15. The minimum absolute atomic E-state index is 0.0382. The number of nitrogens with zero attached hydrogens (tertiary/aromatic N) is 3. The van der Waals surface area contributed by atoms with Crippen LogP contribution in [-0.2, 0) is 15.7 Å². The van der Waals surface area contributed by atoms with Gasteiger partial charge in [0.05, 0.1) is 11.2 Å². The maximum atomic E-state index is 13.3. The quantitative estimate of drug-likeness (QED) is 0.554. The summed E-state index contributed by atoms with van der Waals surface area (Å²) in [6.45, 7) is 16.2. The molecule has 2 amide bonds. The Labute approximate surface area is 197 Å². The fourth-order valence-corrected chi connectivity index (χ4v) is 3.66. The molecule has 0 fully saturated rings. The van der Waals surface area contributed by atoms with Crippen molar-refractivity contribution in [2.75, 3.05) is 11.9 Å². The largest absolute Gasteiger partial charge is 0.327 e. The van der Waals surface area contributed by atoms with Gasteiger partial charge in [-0.3, -0.25) is 9.59 Å². The van der Waals surface area contributed by atoms with Crippen molar-refractivity contribution in [3.63, 3.8) is 0 Å². The van der Waals surface area contributed by atoms with E-state index in [1.54, 1.807) is 4.90 Å². The summed E-state index contributed by atoms with van der Waals surface area (Å²) in [6.07, 6.45) is 0. The molecular weight excluding hydrogens is 412 g/mol. The van der Waals surface area contributed by atoms with Crippen molar-refractivity contribution in [2.24, 2.45) is 0 Å². The number of anilines is 1. The van der Waals surface area contributed by atoms with Crippen LogP contribution in [0, 0.1) is 0 Å². The number of hydrogen-bond donors (Lipinski definition) is 1. The van der Waals surface area contributed by atoms with Crippen molar-refractivity contribution >= 4 is 28.4 Å². The van der Waals surface area contributed by atoms with Crippen molar-refractivity contribution in [3.8, 4) is 0 Å². The number of carbonyl (C=O) groups is 2. The van der Waals surface area contributed by atoms with Crippen LogP contribution in [-0.4, -0.2) is 39.1 Å². The van der Waals surface area contributed by atoms with Gasteiger partial charge in [0.1, 0.15) is 12.4 Å². The first-order valence-corrected chi connectivity index (χ1v) is 11.5. The molecule has 0 saturated carbocycles. The molecule has 33 heavy (non-hydrogen) atoms. The molecule has 0 atom stereocenters. The van der Waals surface area contributed by atoms with Crippen molar-refractivity contribution in [1.29, 1.82) is 0 Å². The Kier molecular flexibility index (Phi) is 6.68. The number of carbonyl (C=O) groups excluding carboxylic acids is 2. The lowest BCUT2D eigenvalue weighted by atomic mass is 9.92. The zero-order valence-corrected chi connectivity index (χ0v) is 21.1. The molecule has 0 aliphatic carbocycles. The number of hydrogen-bond acceptors (Lipinski definition) is 3. The molecule has 176 valence electrons. The van der Waals surface area contributed by atoms with E-state index in [2.05, 4.69) is 26.1 Å². The van der Waals surface area contributed by atoms with E-state index in [1.807, 2.05) is 87.8 Å². The second kappa shape index (κ2) is 9.00. The molecule has 2 aromatic carbocycles. The Morgan fingerprint density at radius 2 is 1.61 bits per heavy atom. The molecule has 3 aromatic rings. The van der Waals surface area contributed by atoms with Crippen LogP contribution < -0.4 is 5.32 Å². The van der Waals surface area contributed by atoms with E-state index in [4.69, 9.17) is 5.10 Å². The van der Waals surface area contributed by atoms with E-state index >= 15 is 0 Å². The van der Waals surface area contributed by atoms with Gasteiger partial charge in [-0.15, -0.1) is 0 Å². The van der Waals surface area contributed by atoms with Gasteiger partial charge in [-0.1, -0.05) is 51.1 Å². The second-order valence-electron chi connectivity index (χ2n) is 10.9. The molecule has 1 N–H and O–H groups in total. The van der Waals surface area contributed by atoms with Crippen molar-refractivity contribution in [3.05, 3.63) is 59.8 Å². The fraction of sp³-hybridized carbons (Fsp3) is 0.444. The summed E-state index contributed by atoms with van der Waals surface area (Å²) in [4.78, 5) is 28.0. The van der Waals surface area contributed by atoms with Gasteiger partial charge in [0.25, 0.3) is 5.91 Å². The summed E-state index contributed by atoms with van der Waals surface area (Å²) in [6, 6.07) is 15.4. The highest BCUT2D eigenvalue weighted by atomic mass is 16.2. The lowest BCUT2D eigenvalue weighted by Gasteiger charge is -2.27. The first-order chi connectivity index (χ1) is 15.3. The van der Waals surface area contributed by atoms with Crippen molar-refractivity contribution in [1.82, 2.24) is 14.7 Å². The lowest BCUT2D eigenvalue weighted by Crippen LogP contribution is -2.42. The second-order valence-corrected chi connectivity index (χ2v) is 10.9.